The number of rotatable bonds is 5. The molecule has 16 heavy (non-hydrogen) atoms. The van der Waals surface area contributed by atoms with Crippen LogP contribution in [0.4, 0.5) is 0 Å². The molecule has 94 valence electrons. The Morgan fingerprint density at radius 1 is 1.31 bits per heavy atom. The van der Waals surface area contributed by atoms with Crippen LogP contribution in [0, 0.1) is 5.92 Å². The molecular formula is C13H26N2O. The molecule has 3 nitrogen and oxygen atoms in total. The van der Waals surface area contributed by atoms with E-state index >= 15 is 0 Å². The van der Waals surface area contributed by atoms with Crippen molar-refractivity contribution in [1.29, 1.82) is 0 Å². The Labute approximate surface area is 99.8 Å². The molecule has 0 N–H and O–H groups in total. The Bertz CT molecular complexity index is 208. The maximum atomic E-state index is 11.7. The number of carbonyl (C=O) groups is 1. The fraction of sp³-hybridized carbons (Fsp3) is 0.923. The minimum atomic E-state index is 0.355. The molecule has 0 spiro atoms. The lowest BCUT2D eigenvalue weighted by atomic mass is 9.93. The lowest BCUT2D eigenvalue weighted by Crippen LogP contribution is -2.38. The molecule has 0 atom stereocenters. The van der Waals surface area contributed by atoms with Crippen LogP contribution in [0.15, 0.2) is 0 Å². The summed E-state index contributed by atoms with van der Waals surface area (Å²) in [6.45, 7) is 5.21. The first-order valence-corrected chi connectivity index (χ1v) is 6.56. The lowest BCUT2D eigenvalue weighted by Gasteiger charge is -2.32. The second-order valence-corrected chi connectivity index (χ2v) is 5.17. The van der Waals surface area contributed by atoms with Crippen molar-refractivity contribution >= 4 is 5.91 Å². The van der Waals surface area contributed by atoms with E-state index in [4.69, 9.17) is 0 Å². The first kappa shape index (κ1) is 13.5. The molecule has 0 bridgehead atoms. The summed E-state index contributed by atoms with van der Waals surface area (Å²) in [5.41, 5.74) is 0. The van der Waals surface area contributed by atoms with Crippen LogP contribution in [0.1, 0.15) is 39.0 Å². The molecule has 0 aliphatic carbocycles. The van der Waals surface area contributed by atoms with Crippen LogP contribution in [0.25, 0.3) is 0 Å². The van der Waals surface area contributed by atoms with Crippen LogP contribution >= 0.6 is 0 Å². The predicted octanol–water partition coefficient (Wildman–Crippen LogP) is 1.98. The third kappa shape index (κ3) is 4.52. The number of hydrogen-bond donors (Lipinski definition) is 0. The molecule has 0 aromatic rings. The Morgan fingerprint density at radius 3 is 2.44 bits per heavy atom. The molecule has 1 aliphatic heterocycles. The molecule has 1 fully saturated rings. The minimum absolute atomic E-state index is 0.355. The van der Waals surface area contributed by atoms with Crippen LogP contribution in [0.2, 0.25) is 0 Å². The first-order valence-electron chi connectivity index (χ1n) is 6.56. The molecule has 3 heteroatoms. The van der Waals surface area contributed by atoms with Crippen LogP contribution in [0.3, 0.4) is 0 Å². The number of nitrogens with zero attached hydrogens (tertiary/aromatic N) is 2. The fourth-order valence-corrected chi connectivity index (χ4v) is 2.28. The van der Waals surface area contributed by atoms with Gasteiger partial charge in [0.2, 0.25) is 5.91 Å². The summed E-state index contributed by atoms with van der Waals surface area (Å²) in [7, 11) is 4.25. The number of hydrogen-bond acceptors (Lipinski definition) is 2. The number of carbonyl (C=O) groups excluding carboxylic acids is 1. The Kier molecular flexibility index (Phi) is 5.81. The van der Waals surface area contributed by atoms with Crippen LogP contribution in [-0.4, -0.2) is 49.4 Å². The Hall–Kier alpha value is -0.570. The molecule has 1 saturated heterocycles. The summed E-state index contributed by atoms with van der Waals surface area (Å²) >= 11 is 0. The molecular weight excluding hydrogens is 200 g/mol. The highest BCUT2D eigenvalue weighted by Gasteiger charge is 2.21. The second kappa shape index (κ2) is 6.89. The van der Waals surface area contributed by atoms with E-state index in [0.717, 1.165) is 31.8 Å². The zero-order valence-electron chi connectivity index (χ0n) is 11.0. The smallest absolute Gasteiger partial charge is 0.222 e. The van der Waals surface area contributed by atoms with E-state index in [1.807, 2.05) is 0 Å². The van der Waals surface area contributed by atoms with Gasteiger partial charge in [0.15, 0.2) is 0 Å². The van der Waals surface area contributed by atoms with Gasteiger partial charge in [0, 0.05) is 19.5 Å². The maximum Gasteiger partial charge on any atom is 0.222 e. The zero-order valence-corrected chi connectivity index (χ0v) is 11.0. The summed E-state index contributed by atoms with van der Waals surface area (Å²) in [6, 6.07) is 0. The standard InChI is InChI=1S/C13H26N2O/c1-4-5-13(16)15-10-7-12(8-11-15)6-9-14(2)3/h12H,4-11H2,1-3H3. The van der Waals surface area contributed by atoms with Gasteiger partial charge >= 0.3 is 0 Å². The monoisotopic (exact) mass is 226 g/mol. The third-order valence-electron chi connectivity index (χ3n) is 3.42. The summed E-state index contributed by atoms with van der Waals surface area (Å²) < 4.78 is 0. The molecule has 1 heterocycles. The quantitative estimate of drug-likeness (QED) is 0.715. The van der Waals surface area contributed by atoms with E-state index in [9.17, 15) is 4.79 Å². The molecule has 0 aromatic heterocycles. The zero-order chi connectivity index (χ0) is 12.0. The minimum Gasteiger partial charge on any atom is -0.343 e. The number of piperidine rings is 1. The van der Waals surface area contributed by atoms with Crippen LogP contribution < -0.4 is 0 Å². The van der Waals surface area contributed by atoms with Crippen molar-refractivity contribution in [3.8, 4) is 0 Å². The highest BCUT2D eigenvalue weighted by molar-refractivity contribution is 5.76. The average Bonchev–Trinajstić information content (AvgIpc) is 2.27. The Balaban J connectivity index is 2.20. The van der Waals surface area contributed by atoms with E-state index in [0.29, 0.717) is 5.91 Å². The predicted molar refractivity (Wildman–Crippen MR) is 67.4 cm³/mol. The average molecular weight is 226 g/mol. The highest BCUT2D eigenvalue weighted by Crippen LogP contribution is 2.21. The molecule has 0 unspecified atom stereocenters. The molecule has 1 rings (SSSR count). The largest absolute Gasteiger partial charge is 0.343 e. The van der Waals surface area contributed by atoms with Crippen molar-refractivity contribution < 1.29 is 4.79 Å². The van der Waals surface area contributed by atoms with Crippen molar-refractivity contribution in [1.82, 2.24) is 9.80 Å². The normalized spacial score (nSPS) is 18.1. The molecule has 0 aromatic carbocycles. The second-order valence-electron chi connectivity index (χ2n) is 5.17. The fourth-order valence-electron chi connectivity index (χ4n) is 2.28. The van der Waals surface area contributed by atoms with Gasteiger partial charge in [-0.25, -0.2) is 0 Å². The van der Waals surface area contributed by atoms with Crippen LogP contribution in [0.5, 0.6) is 0 Å². The van der Waals surface area contributed by atoms with E-state index in [1.54, 1.807) is 0 Å². The van der Waals surface area contributed by atoms with Gasteiger partial charge in [0.25, 0.3) is 0 Å². The summed E-state index contributed by atoms with van der Waals surface area (Å²) in [5.74, 6) is 1.18. The molecule has 0 radical (unpaired) electrons. The highest BCUT2D eigenvalue weighted by atomic mass is 16.2. The van der Waals surface area contributed by atoms with Crippen molar-refractivity contribution in [2.45, 2.75) is 39.0 Å². The summed E-state index contributed by atoms with van der Waals surface area (Å²) in [6.07, 6.45) is 5.37. The molecule has 1 aliphatic rings. The molecule has 0 saturated carbocycles. The SMILES string of the molecule is CCCC(=O)N1CCC(CCN(C)C)CC1. The third-order valence-corrected chi connectivity index (χ3v) is 3.42. The van der Waals surface area contributed by atoms with Crippen LogP contribution in [-0.2, 0) is 4.79 Å². The van der Waals surface area contributed by atoms with E-state index in [2.05, 4.69) is 30.8 Å². The number of amides is 1. The number of likely N-dealkylation sites (tertiary alicyclic amines) is 1. The van der Waals surface area contributed by atoms with Gasteiger partial charge in [-0.3, -0.25) is 4.79 Å². The van der Waals surface area contributed by atoms with E-state index in [-0.39, 0.29) is 0 Å². The van der Waals surface area contributed by atoms with Crippen molar-refractivity contribution in [2.24, 2.45) is 5.92 Å². The van der Waals surface area contributed by atoms with Gasteiger partial charge in [0.1, 0.15) is 0 Å². The lowest BCUT2D eigenvalue weighted by molar-refractivity contribution is -0.132. The van der Waals surface area contributed by atoms with Crippen molar-refractivity contribution in [3.05, 3.63) is 0 Å². The van der Waals surface area contributed by atoms with Crippen molar-refractivity contribution in [2.75, 3.05) is 33.7 Å². The summed E-state index contributed by atoms with van der Waals surface area (Å²) in [5, 5.41) is 0. The van der Waals surface area contributed by atoms with Gasteiger partial charge in [-0.05, 0) is 52.2 Å². The maximum absolute atomic E-state index is 11.7. The Morgan fingerprint density at radius 2 is 1.94 bits per heavy atom. The van der Waals surface area contributed by atoms with Gasteiger partial charge in [-0.2, -0.15) is 0 Å². The van der Waals surface area contributed by atoms with Gasteiger partial charge in [0.05, 0.1) is 0 Å². The van der Waals surface area contributed by atoms with Gasteiger partial charge < -0.3 is 9.80 Å². The first-order chi connectivity index (χ1) is 7.63. The van der Waals surface area contributed by atoms with E-state index < -0.39 is 0 Å². The van der Waals surface area contributed by atoms with Gasteiger partial charge in [-0.15, -0.1) is 0 Å². The van der Waals surface area contributed by atoms with Gasteiger partial charge in [-0.1, -0.05) is 6.92 Å². The van der Waals surface area contributed by atoms with E-state index in [1.165, 1.54) is 25.8 Å². The van der Waals surface area contributed by atoms with Crippen molar-refractivity contribution in [3.63, 3.8) is 0 Å². The summed E-state index contributed by atoms with van der Waals surface area (Å²) in [4.78, 5) is 16.0. The topological polar surface area (TPSA) is 23.6 Å². The molecule has 1 amide bonds.